The van der Waals surface area contributed by atoms with Crippen LogP contribution in [0, 0.1) is 0 Å². The molecule has 0 radical (unpaired) electrons. The number of benzene rings is 11. The van der Waals surface area contributed by atoms with Crippen LogP contribution in [0.3, 0.4) is 0 Å². The molecule has 76 heavy (non-hydrogen) atoms. The number of hydrogen-bond donors (Lipinski definition) is 0. The molecule has 1 atom stereocenters. The van der Waals surface area contributed by atoms with Crippen molar-refractivity contribution in [2.24, 2.45) is 0 Å². The third-order valence-electron chi connectivity index (χ3n) is 16.2. The SMILES string of the molecule is c1ccc(-c2ccc3c(c2)B2c4cc5c(cc4Oc4cc(-c6ccccc6)cc(c42)N3c2ccccc2)C2(c3ccccc3-c3ccc(-c4nc(-c6ccccc6)nc(-c6ccccc6)n4)cc32)c2ccccc2-5)cc1. The average Bonchev–Trinajstić information content (AvgIpc) is 4.04. The Kier molecular flexibility index (Phi) is 9.28. The van der Waals surface area contributed by atoms with E-state index in [9.17, 15) is 0 Å². The van der Waals surface area contributed by atoms with Gasteiger partial charge in [-0.05, 0) is 126 Å². The molecule has 5 nitrogen and oxygen atoms in total. The van der Waals surface area contributed by atoms with E-state index in [4.69, 9.17) is 19.7 Å². The van der Waals surface area contributed by atoms with E-state index in [0.29, 0.717) is 17.5 Å². The Morgan fingerprint density at radius 3 is 1.45 bits per heavy atom. The highest BCUT2D eigenvalue weighted by atomic mass is 16.5. The van der Waals surface area contributed by atoms with Gasteiger partial charge in [0.2, 0.25) is 0 Å². The monoisotopic (exact) mass is 966 g/mol. The molecule has 0 saturated heterocycles. The van der Waals surface area contributed by atoms with Crippen LogP contribution in [-0.2, 0) is 5.41 Å². The van der Waals surface area contributed by atoms with Crippen molar-refractivity contribution in [3.05, 3.63) is 283 Å². The predicted molar refractivity (Wildman–Crippen MR) is 309 cm³/mol. The third-order valence-corrected chi connectivity index (χ3v) is 16.2. The normalized spacial score (nSPS) is 14.7. The third kappa shape index (κ3) is 6.25. The van der Waals surface area contributed by atoms with Crippen molar-refractivity contribution in [1.29, 1.82) is 0 Å². The van der Waals surface area contributed by atoms with Crippen molar-refractivity contribution in [3.63, 3.8) is 0 Å². The fourth-order valence-corrected chi connectivity index (χ4v) is 12.9. The summed E-state index contributed by atoms with van der Waals surface area (Å²) < 4.78 is 7.55. The number of aromatic nitrogens is 3. The maximum atomic E-state index is 7.55. The van der Waals surface area contributed by atoms with Gasteiger partial charge in [-0.2, -0.15) is 0 Å². The van der Waals surface area contributed by atoms with Gasteiger partial charge in [0.25, 0.3) is 6.71 Å². The zero-order chi connectivity index (χ0) is 49.9. The molecule has 0 bridgehead atoms. The zero-order valence-corrected chi connectivity index (χ0v) is 41.1. The first-order valence-corrected chi connectivity index (χ1v) is 26.0. The second-order valence-electron chi connectivity index (χ2n) is 20.2. The van der Waals surface area contributed by atoms with Crippen LogP contribution in [0.4, 0.5) is 17.1 Å². The molecule has 4 aliphatic rings. The molecule has 11 aromatic carbocycles. The Bertz CT molecular complexity index is 4260. The maximum Gasteiger partial charge on any atom is 0.256 e. The predicted octanol–water partition coefficient (Wildman–Crippen LogP) is 15.0. The maximum absolute atomic E-state index is 7.55. The van der Waals surface area contributed by atoms with Gasteiger partial charge in [-0.25, -0.2) is 15.0 Å². The van der Waals surface area contributed by atoms with Crippen molar-refractivity contribution in [3.8, 4) is 90.2 Å². The van der Waals surface area contributed by atoms with Crippen molar-refractivity contribution >= 4 is 40.2 Å². The number of nitrogens with zero attached hydrogens (tertiary/aromatic N) is 4. The van der Waals surface area contributed by atoms with Crippen LogP contribution in [0.25, 0.3) is 78.7 Å². The van der Waals surface area contributed by atoms with Crippen LogP contribution < -0.4 is 26.0 Å². The molecule has 0 N–H and O–H groups in total. The molecule has 1 aromatic heterocycles. The Hall–Kier alpha value is -9.91. The van der Waals surface area contributed by atoms with Gasteiger partial charge < -0.3 is 9.64 Å². The van der Waals surface area contributed by atoms with Crippen LogP contribution in [0.5, 0.6) is 11.5 Å². The molecule has 1 unspecified atom stereocenters. The zero-order valence-electron chi connectivity index (χ0n) is 41.1. The summed E-state index contributed by atoms with van der Waals surface area (Å²) in [7, 11) is 0. The van der Waals surface area contributed by atoms with Crippen molar-refractivity contribution in [1.82, 2.24) is 15.0 Å². The van der Waals surface area contributed by atoms with Gasteiger partial charge in [0, 0.05) is 33.8 Å². The minimum atomic E-state index is -0.684. The van der Waals surface area contributed by atoms with Gasteiger partial charge in [-0.1, -0.05) is 218 Å². The van der Waals surface area contributed by atoms with Gasteiger partial charge in [0.1, 0.15) is 11.5 Å². The molecule has 2 aliphatic carbocycles. The van der Waals surface area contributed by atoms with Gasteiger partial charge in [-0.3, -0.25) is 0 Å². The molecule has 16 rings (SSSR count). The highest BCUT2D eigenvalue weighted by Crippen LogP contribution is 2.64. The lowest BCUT2D eigenvalue weighted by atomic mass is 9.34. The number of fused-ring (bicyclic) bond motifs is 14. The minimum absolute atomic E-state index is 0.137. The van der Waals surface area contributed by atoms with Crippen LogP contribution in [0.15, 0.2) is 261 Å². The summed E-state index contributed by atoms with van der Waals surface area (Å²) in [4.78, 5) is 18.0. The van der Waals surface area contributed by atoms with Crippen LogP contribution in [0.2, 0.25) is 0 Å². The fourth-order valence-electron chi connectivity index (χ4n) is 12.9. The standard InChI is InChI=1S/C70H43BN4O/c1-6-20-44(21-7-1)48-35-37-62-60(39-48)71-61-42-55-53-31-17-19-33-57(53)70(59(55)43-64(61)76-65-41-50(45-22-8-2-9-23-45)40-63(66(65)71)75(62)51-28-14-5-15-29-51)56-32-18-16-30-52(56)54-36-34-49(38-58(54)70)69-73-67(46-24-10-3-11-25-46)72-68(74-69)47-26-12-4-13-27-47/h1-43H. The first-order valence-electron chi connectivity index (χ1n) is 26.0. The Morgan fingerprint density at radius 2 is 0.816 bits per heavy atom. The van der Waals surface area contributed by atoms with Crippen LogP contribution in [0.1, 0.15) is 22.3 Å². The lowest BCUT2D eigenvalue weighted by Gasteiger charge is -2.41. The molecule has 0 fully saturated rings. The van der Waals surface area contributed by atoms with Crippen LogP contribution in [-0.4, -0.2) is 21.7 Å². The van der Waals surface area contributed by atoms with Crippen molar-refractivity contribution in [2.75, 3.05) is 4.90 Å². The summed E-state index contributed by atoms with van der Waals surface area (Å²) in [6, 6.07) is 94.1. The fraction of sp³-hybridized carbons (Fsp3) is 0.0143. The summed E-state index contributed by atoms with van der Waals surface area (Å²) in [5.74, 6) is 3.62. The summed E-state index contributed by atoms with van der Waals surface area (Å²) in [6.07, 6.45) is 0. The summed E-state index contributed by atoms with van der Waals surface area (Å²) in [5.41, 5.74) is 23.4. The van der Waals surface area contributed by atoms with E-state index < -0.39 is 5.41 Å². The summed E-state index contributed by atoms with van der Waals surface area (Å²) in [6.45, 7) is -0.137. The molecule has 0 amide bonds. The van der Waals surface area contributed by atoms with Crippen LogP contribution >= 0.6 is 0 Å². The van der Waals surface area contributed by atoms with E-state index in [1.54, 1.807) is 0 Å². The number of hydrogen-bond acceptors (Lipinski definition) is 5. The van der Waals surface area contributed by atoms with E-state index in [-0.39, 0.29) is 6.71 Å². The van der Waals surface area contributed by atoms with Crippen molar-refractivity contribution < 1.29 is 4.74 Å². The molecule has 6 heteroatoms. The smallest absolute Gasteiger partial charge is 0.256 e. The second-order valence-corrected chi connectivity index (χ2v) is 20.2. The molecular weight excluding hydrogens is 924 g/mol. The molecule has 12 aromatic rings. The molecule has 1 spiro atoms. The van der Waals surface area contributed by atoms with Crippen molar-refractivity contribution in [2.45, 2.75) is 5.41 Å². The van der Waals surface area contributed by atoms with Gasteiger partial charge in [-0.15, -0.1) is 0 Å². The van der Waals surface area contributed by atoms with E-state index in [0.717, 1.165) is 67.3 Å². The lowest BCUT2D eigenvalue weighted by molar-refractivity contribution is 0.486. The summed E-state index contributed by atoms with van der Waals surface area (Å²) in [5, 5.41) is 0. The van der Waals surface area contributed by atoms with Gasteiger partial charge >= 0.3 is 0 Å². The quantitative estimate of drug-likeness (QED) is 0.155. The average molecular weight is 967 g/mol. The minimum Gasteiger partial charge on any atom is -0.458 e. The van der Waals surface area contributed by atoms with E-state index in [1.165, 1.54) is 61.1 Å². The number of rotatable bonds is 6. The molecular formula is C70H43BN4O. The highest BCUT2D eigenvalue weighted by molar-refractivity contribution is 6.99. The Labute approximate surface area is 441 Å². The Morgan fingerprint density at radius 1 is 0.316 bits per heavy atom. The summed E-state index contributed by atoms with van der Waals surface area (Å²) >= 11 is 0. The molecule has 2 aliphatic heterocycles. The second kappa shape index (κ2) is 16.6. The first kappa shape index (κ1) is 42.6. The van der Waals surface area contributed by atoms with E-state index in [2.05, 4.69) is 229 Å². The van der Waals surface area contributed by atoms with Gasteiger partial charge in [0.05, 0.1) is 5.41 Å². The highest BCUT2D eigenvalue weighted by Gasteiger charge is 2.53. The lowest BCUT2D eigenvalue weighted by Crippen LogP contribution is -2.59. The number of para-hydroxylation sites is 1. The largest absolute Gasteiger partial charge is 0.458 e. The molecule has 352 valence electrons. The Balaban J connectivity index is 0.948. The molecule has 3 heterocycles. The first-order chi connectivity index (χ1) is 37.7. The van der Waals surface area contributed by atoms with E-state index >= 15 is 0 Å². The topological polar surface area (TPSA) is 51.1 Å². The number of ether oxygens (including phenoxy) is 1. The molecule has 0 saturated carbocycles. The van der Waals surface area contributed by atoms with E-state index in [1.807, 2.05) is 36.4 Å². The number of anilines is 3. The van der Waals surface area contributed by atoms with Gasteiger partial charge in [0.15, 0.2) is 17.5 Å².